The molecule has 0 aliphatic carbocycles. The molecule has 7 heteroatoms. The van der Waals surface area contributed by atoms with Crippen LogP contribution < -0.4 is 10.2 Å². The summed E-state index contributed by atoms with van der Waals surface area (Å²) in [4.78, 5) is 21.7. The van der Waals surface area contributed by atoms with E-state index >= 15 is 0 Å². The number of hydrogen-bond acceptors (Lipinski definition) is 4. The highest BCUT2D eigenvalue weighted by atomic mass is 35.5. The van der Waals surface area contributed by atoms with Gasteiger partial charge in [0.2, 0.25) is 0 Å². The fraction of sp³-hybridized carbons (Fsp3) is 0.154. The van der Waals surface area contributed by atoms with Crippen molar-refractivity contribution in [1.82, 2.24) is 9.97 Å². The van der Waals surface area contributed by atoms with Gasteiger partial charge in [0.15, 0.2) is 0 Å². The van der Waals surface area contributed by atoms with Crippen LogP contribution in [0.2, 0.25) is 10.2 Å². The average molecular weight is 311 g/mol. The van der Waals surface area contributed by atoms with Crippen molar-refractivity contribution in [2.24, 2.45) is 0 Å². The lowest BCUT2D eigenvalue weighted by molar-refractivity contribution is 0.102. The highest BCUT2D eigenvalue weighted by Gasteiger charge is 2.12. The maximum Gasteiger partial charge on any atom is 0.275 e. The lowest BCUT2D eigenvalue weighted by atomic mass is 10.2. The molecular formula is C13H12Cl2N4O. The quantitative estimate of drug-likeness (QED) is 0.946. The van der Waals surface area contributed by atoms with Gasteiger partial charge < -0.3 is 10.2 Å². The number of hydrogen-bond donors (Lipinski definition) is 1. The number of halogens is 2. The molecule has 0 aliphatic rings. The van der Waals surface area contributed by atoms with E-state index in [1.165, 1.54) is 12.4 Å². The Balaban J connectivity index is 2.30. The molecule has 5 nitrogen and oxygen atoms in total. The van der Waals surface area contributed by atoms with Gasteiger partial charge in [-0.2, -0.15) is 0 Å². The van der Waals surface area contributed by atoms with E-state index in [0.29, 0.717) is 10.7 Å². The van der Waals surface area contributed by atoms with Gasteiger partial charge in [0.1, 0.15) is 10.8 Å². The molecule has 0 unspecified atom stereocenters. The van der Waals surface area contributed by atoms with E-state index in [9.17, 15) is 4.79 Å². The van der Waals surface area contributed by atoms with Crippen molar-refractivity contribution in [2.45, 2.75) is 0 Å². The van der Waals surface area contributed by atoms with Gasteiger partial charge in [-0.1, -0.05) is 23.2 Å². The third-order valence-electron chi connectivity index (χ3n) is 2.53. The Bertz CT molecular complexity index is 646. The van der Waals surface area contributed by atoms with Gasteiger partial charge >= 0.3 is 0 Å². The Morgan fingerprint density at radius 2 is 2.00 bits per heavy atom. The van der Waals surface area contributed by atoms with Gasteiger partial charge in [0.25, 0.3) is 5.91 Å². The van der Waals surface area contributed by atoms with E-state index in [-0.39, 0.29) is 10.8 Å². The Labute approximate surface area is 126 Å². The van der Waals surface area contributed by atoms with Crippen LogP contribution >= 0.6 is 23.2 Å². The zero-order chi connectivity index (χ0) is 14.7. The van der Waals surface area contributed by atoms with Gasteiger partial charge in [0, 0.05) is 19.1 Å². The van der Waals surface area contributed by atoms with E-state index in [1.807, 2.05) is 25.1 Å². The molecule has 104 valence electrons. The molecule has 0 bridgehead atoms. The van der Waals surface area contributed by atoms with Crippen LogP contribution in [0.15, 0.2) is 30.6 Å². The first-order valence-electron chi connectivity index (χ1n) is 5.73. The number of rotatable bonds is 3. The number of amides is 1. The van der Waals surface area contributed by atoms with E-state index in [0.717, 1.165) is 5.69 Å². The summed E-state index contributed by atoms with van der Waals surface area (Å²) in [7, 11) is 3.75. The van der Waals surface area contributed by atoms with Gasteiger partial charge in [-0.15, -0.1) is 0 Å². The Kier molecular flexibility index (Phi) is 4.42. The average Bonchev–Trinajstić information content (AvgIpc) is 2.38. The number of carbonyl (C=O) groups is 1. The van der Waals surface area contributed by atoms with Gasteiger partial charge in [0.05, 0.1) is 23.8 Å². The number of nitrogens with one attached hydrogen (secondary N) is 1. The van der Waals surface area contributed by atoms with Crippen molar-refractivity contribution in [3.63, 3.8) is 0 Å². The second kappa shape index (κ2) is 6.07. The summed E-state index contributed by atoms with van der Waals surface area (Å²) in [6.07, 6.45) is 2.71. The van der Waals surface area contributed by atoms with Crippen LogP contribution in [0.5, 0.6) is 0 Å². The zero-order valence-corrected chi connectivity index (χ0v) is 12.4. The van der Waals surface area contributed by atoms with E-state index in [1.54, 1.807) is 12.1 Å². The molecule has 0 radical (unpaired) electrons. The van der Waals surface area contributed by atoms with Crippen molar-refractivity contribution < 1.29 is 4.79 Å². The second-order valence-corrected chi connectivity index (χ2v) is 5.06. The molecule has 0 spiro atoms. The molecule has 0 saturated heterocycles. The van der Waals surface area contributed by atoms with Crippen LogP contribution in [0.25, 0.3) is 0 Å². The van der Waals surface area contributed by atoms with E-state index < -0.39 is 5.91 Å². The maximum absolute atomic E-state index is 12.1. The fourth-order valence-electron chi connectivity index (χ4n) is 1.64. The van der Waals surface area contributed by atoms with Crippen LogP contribution in [0, 0.1) is 0 Å². The summed E-state index contributed by atoms with van der Waals surface area (Å²) in [5.74, 6) is -0.398. The van der Waals surface area contributed by atoms with Crippen molar-refractivity contribution in [1.29, 1.82) is 0 Å². The first-order chi connectivity index (χ1) is 9.47. The summed E-state index contributed by atoms with van der Waals surface area (Å²) in [5.41, 5.74) is 1.56. The maximum atomic E-state index is 12.1. The first-order valence-corrected chi connectivity index (χ1v) is 6.49. The minimum absolute atomic E-state index is 0.141. The Morgan fingerprint density at radius 3 is 2.65 bits per heavy atom. The fourth-order valence-corrected chi connectivity index (χ4v) is 1.96. The molecule has 1 heterocycles. The largest absolute Gasteiger partial charge is 0.376 e. The highest BCUT2D eigenvalue weighted by molar-refractivity contribution is 6.31. The normalized spacial score (nSPS) is 10.2. The summed E-state index contributed by atoms with van der Waals surface area (Å²) in [5, 5.41) is 3.44. The molecule has 2 rings (SSSR count). The van der Waals surface area contributed by atoms with Crippen LogP contribution in [-0.4, -0.2) is 30.0 Å². The Hall–Kier alpha value is -1.85. The monoisotopic (exact) mass is 310 g/mol. The number of benzene rings is 1. The van der Waals surface area contributed by atoms with Crippen LogP contribution in [0.4, 0.5) is 11.4 Å². The van der Waals surface area contributed by atoms with Crippen molar-refractivity contribution in [3.8, 4) is 0 Å². The number of nitrogens with zero attached hydrogens (tertiary/aromatic N) is 3. The molecule has 0 aliphatic heterocycles. The molecule has 20 heavy (non-hydrogen) atoms. The molecular weight excluding hydrogens is 299 g/mol. The van der Waals surface area contributed by atoms with Gasteiger partial charge in [-0.25, -0.2) is 4.98 Å². The summed E-state index contributed by atoms with van der Waals surface area (Å²) in [6, 6.07) is 5.25. The lowest BCUT2D eigenvalue weighted by Gasteiger charge is -2.18. The molecule has 1 amide bonds. The molecule has 0 fully saturated rings. The molecule has 2 aromatic rings. The summed E-state index contributed by atoms with van der Waals surface area (Å²) >= 11 is 11.7. The van der Waals surface area contributed by atoms with Gasteiger partial charge in [-0.05, 0) is 18.2 Å². The predicted molar refractivity (Wildman–Crippen MR) is 80.8 cm³/mol. The van der Waals surface area contributed by atoms with Crippen LogP contribution in [0.3, 0.4) is 0 Å². The molecule has 1 aromatic heterocycles. The number of aromatic nitrogens is 2. The lowest BCUT2D eigenvalue weighted by Crippen LogP contribution is -2.17. The van der Waals surface area contributed by atoms with Gasteiger partial charge in [-0.3, -0.25) is 9.78 Å². The van der Waals surface area contributed by atoms with Crippen LogP contribution in [0.1, 0.15) is 10.5 Å². The molecule has 0 atom stereocenters. The summed E-state index contributed by atoms with van der Waals surface area (Å²) in [6.45, 7) is 0. The molecule has 1 aromatic carbocycles. The van der Waals surface area contributed by atoms with E-state index in [4.69, 9.17) is 23.2 Å². The zero-order valence-electron chi connectivity index (χ0n) is 10.9. The number of anilines is 2. The smallest absolute Gasteiger partial charge is 0.275 e. The van der Waals surface area contributed by atoms with Crippen molar-refractivity contribution in [2.75, 3.05) is 24.3 Å². The molecule has 1 N–H and O–H groups in total. The third-order valence-corrected chi connectivity index (χ3v) is 2.94. The minimum Gasteiger partial charge on any atom is -0.376 e. The number of carbonyl (C=O) groups excluding carboxylic acids is 1. The third kappa shape index (κ3) is 3.37. The van der Waals surface area contributed by atoms with Crippen molar-refractivity contribution >= 4 is 40.5 Å². The van der Waals surface area contributed by atoms with Crippen molar-refractivity contribution in [3.05, 3.63) is 46.5 Å². The topological polar surface area (TPSA) is 58.1 Å². The SMILES string of the molecule is CN(C)c1ccc(Cl)cc1NC(=O)c1cncc(Cl)n1. The predicted octanol–water partition coefficient (Wildman–Crippen LogP) is 3.10. The van der Waals surface area contributed by atoms with E-state index in [2.05, 4.69) is 15.3 Å². The molecule has 0 saturated carbocycles. The minimum atomic E-state index is -0.398. The second-order valence-electron chi connectivity index (χ2n) is 4.24. The Morgan fingerprint density at radius 1 is 1.25 bits per heavy atom. The first kappa shape index (κ1) is 14.6. The standard InChI is InChI=1S/C13H12Cl2N4O/c1-19(2)11-4-3-8(14)5-9(11)18-13(20)10-6-16-7-12(15)17-10/h3-7H,1-2H3,(H,18,20). The van der Waals surface area contributed by atoms with Crippen LogP contribution in [-0.2, 0) is 0 Å². The summed E-state index contributed by atoms with van der Waals surface area (Å²) < 4.78 is 0. The highest BCUT2D eigenvalue weighted by Crippen LogP contribution is 2.28.